The highest BCUT2D eigenvalue weighted by Gasteiger charge is 2.29. The van der Waals surface area contributed by atoms with Gasteiger partial charge in [-0.3, -0.25) is 4.79 Å². The van der Waals surface area contributed by atoms with Crippen molar-refractivity contribution in [2.24, 2.45) is 5.10 Å². The summed E-state index contributed by atoms with van der Waals surface area (Å²) < 4.78 is 17.1. The number of nitrogens with zero attached hydrogens (tertiary/aromatic N) is 2. The smallest absolute Gasteiger partial charge is 0.338 e. The summed E-state index contributed by atoms with van der Waals surface area (Å²) >= 11 is 0. The van der Waals surface area contributed by atoms with Crippen LogP contribution in [0.2, 0.25) is 0 Å². The second kappa shape index (κ2) is 12.2. The van der Waals surface area contributed by atoms with E-state index in [-0.39, 0.29) is 12.0 Å². The molecular formula is C31H32N2O5. The van der Waals surface area contributed by atoms with E-state index in [0.29, 0.717) is 47.2 Å². The molecule has 0 N–H and O–H groups in total. The van der Waals surface area contributed by atoms with Gasteiger partial charge in [-0.1, -0.05) is 36.4 Å². The standard InChI is InChI=1S/C31H32N2O5/c1-5-36-29-20-24(11-16-28(29)37-18-17-23-9-7-6-8-10-23)19-27-22(4)32-33(30(27)34)26-14-12-25(13-15-26)31(35)38-21(2)3/h6-16,19-21H,5,17-18H2,1-4H3. The lowest BCUT2D eigenvalue weighted by Gasteiger charge is -2.14. The van der Waals surface area contributed by atoms with Crippen LogP contribution in [-0.2, 0) is 16.0 Å². The highest BCUT2D eigenvalue weighted by molar-refractivity contribution is 6.32. The van der Waals surface area contributed by atoms with Crippen molar-refractivity contribution >= 4 is 29.4 Å². The van der Waals surface area contributed by atoms with Crippen molar-refractivity contribution in [1.29, 1.82) is 0 Å². The normalized spacial score (nSPS) is 14.1. The molecule has 196 valence electrons. The van der Waals surface area contributed by atoms with Crippen molar-refractivity contribution in [2.45, 2.75) is 40.2 Å². The van der Waals surface area contributed by atoms with Gasteiger partial charge in [0, 0.05) is 6.42 Å². The maximum Gasteiger partial charge on any atom is 0.338 e. The molecule has 7 heteroatoms. The highest BCUT2D eigenvalue weighted by Crippen LogP contribution is 2.31. The first kappa shape index (κ1) is 26.7. The number of esters is 1. The van der Waals surface area contributed by atoms with E-state index in [2.05, 4.69) is 17.2 Å². The van der Waals surface area contributed by atoms with Gasteiger partial charge in [0.15, 0.2) is 11.5 Å². The third-order valence-corrected chi connectivity index (χ3v) is 5.82. The summed E-state index contributed by atoms with van der Waals surface area (Å²) in [4.78, 5) is 25.4. The second-order valence-corrected chi connectivity index (χ2v) is 9.08. The third kappa shape index (κ3) is 6.48. The monoisotopic (exact) mass is 512 g/mol. The topological polar surface area (TPSA) is 77.4 Å². The maximum absolute atomic E-state index is 13.2. The Kier molecular flexibility index (Phi) is 8.58. The molecule has 7 nitrogen and oxygen atoms in total. The molecule has 0 fully saturated rings. The SMILES string of the molecule is CCOc1cc(C=C2C(=O)N(c3ccc(C(=O)OC(C)C)cc3)N=C2C)ccc1OCCc1ccccc1. The molecule has 1 amide bonds. The lowest BCUT2D eigenvalue weighted by Crippen LogP contribution is -2.21. The number of amides is 1. The Morgan fingerprint density at radius 1 is 0.974 bits per heavy atom. The van der Waals surface area contributed by atoms with E-state index >= 15 is 0 Å². The van der Waals surface area contributed by atoms with Gasteiger partial charge in [0.05, 0.1) is 41.9 Å². The quantitative estimate of drug-likeness (QED) is 0.243. The Bertz CT molecular complexity index is 1340. The van der Waals surface area contributed by atoms with Crippen molar-refractivity contribution in [1.82, 2.24) is 0 Å². The fraction of sp³-hybridized carbons (Fsp3) is 0.258. The van der Waals surface area contributed by atoms with Crippen LogP contribution in [0.1, 0.15) is 49.2 Å². The van der Waals surface area contributed by atoms with E-state index in [1.54, 1.807) is 51.1 Å². The Balaban J connectivity index is 1.48. The van der Waals surface area contributed by atoms with Crippen LogP contribution in [0.25, 0.3) is 6.08 Å². The molecule has 38 heavy (non-hydrogen) atoms. The number of hydrazone groups is 1. The number of carbonyl (C=O) groups is 2. The highest BCUT2D eigenvalue weighted by atomic mass is 16.5. The third-order valence-electron chi connectivity index (χ3n) is 5.82. The Morgan fingerprint density at radius 2 is 1.71 bits per heavy atom. The fourth-order valence-electron chi connectivity index (χ4n) is 3.97. The van der Waals surface area contributed by atoms with Crippen LogP contribution in [0, 0.1) is 0 Å². The summed E-state index contributed by atoms with van der Waals surface area (Å²) in [6.45, 7) is 8.32. The summed E-state index contributed by atoms with van der Waals surface area (Å²) in [5, 5.41) is 5.78. The van der Waals surface area contributed by atoms with Crippen molar-refractivity contribution in [3.05, 3.63) is 95.1 Å². The first-order valence-electron chi connectivity index (χ1n) is 12.7. The first-order valence-corrected chi connectivity index (χ1v) is 12.7. The maximum atomic E-state index is 13.2. The average molecular weight is 513 g/mol. The molecule has 0 atom stereocenters. The van der Waals surface area contributed by atoms with Crippen LogP contribution in [0.3, 0.4) is 0 Å². The molecule has 1 aliphatic heterocycles. The molecule has 0 aliphatic carbocycles. The molecule has 0 unspecified atom stereocenters. The number of hydrogen-bond donors (Lipinski definition) is 0. The Hall–Kier alpha value is -4.39. The van der Waals surface area contributed by atoms with Crippen molar-refractivity contribution in [2.75, 3.05) is 18.2 Å². The molecule has 0 aromatic heterocycles. The predicted molar refractivity (Wildman–Crippen MR) is 149 cm³/mol. The van der Waals surface area contributed by atoms with Crippen LogP contribution in [0.4, 0.5) is 5.69 Å². The van der Waals surface area contributed by atoms with Crippen LogP contribution in [0.5, 0.6) is 11.5 Å². The van der Waals surface area contributed by atoms with Gasteiger partial charge in [-0.25, -0.2) is 4.79 Å². The Morgan fingerprint density at radius 3 is 2.39 bits per heavy atom. The lowest BCUT2D eigenvalue weighted by atomic mass is 10.1. The average Bonchev–Trinajstić information content (AvgIpc) is 3.18. The van der Waals surface area contributed by atoms with Crippen molar-refractivity contribution in [3.8, 4) is 11.5 Å². The van der Waals surface area contributed by atoms with Crippen LogP contribution in [0.15, 0.2) is 83.5 Å². The van der Waals surface area contributed by atoms with Gasteiger partial charge in [0.25, 0.3) is 5.91 Å². The molecule has 0 radical (unpaired) electrons. The van der Waals surface area contributed by atoms with Crippen molar-refractivity contribution < 1.29 is 23.8 Å². The van der Waals surface area contributed by atoms with Gasteiger partial charge in [0.2, 0.25) is 0 Å². The summed E-state index contributed by atoms with van der Waals surface area (Å²) in [6.07, 6.45) is 2.38. The molecule has 3 aromatic carbocycles. The number of hydrogen-bond acceptors (Lipinski definition) is 6. The summed E-state index contributed by atoms with van der Waals surface area (Å²) in [5.74, 6) is 0.625. The molecule has 1 heterocycles. The van der Waals surface area contributed by atoms with Crippen LogP contribution in [-0.4, -0.2) is 36.9 Å². The van der Waals surface area contributed by atoms with Gasteiger partial charge in [0.1, 0.15) is 0 Å². The second-order valence-electron chi connectivity index (χ2n) is 9.08. The summed E-state index contributed by atoms with van der Waals surface area (Å²) in [7, 11) is 0. The van der Waals surface area contributed by atoms with Gasteiger partial charge < -0.3 is 14.2 Å². The molecule has 4 rings (SSSR count). The van der Waals surface area contributed by atoms with E-state index in [4.69, 9.17) is 14.2 Å². The van der Waals surface area contributed by atoms with Crippen molar-refractivity contribution in [3.63, 3.8) is 0 Å². The van der Waals surface area contributed by atoms with Gasteiger partial charge in [-0.15, -0.1) is 0 Å². The first-order chi connectivity index (χ1) is 18.4. The van der Waals surface area contributed by atoms with E-state index in [1.165, 1.54) is 10.6 Å². The van der Waals surface area contributed by atoms with E-state index in [1.807, 2.05) is 43.3 Å². The summed E-state index contributed by atoms with van der Waals surface area (Å²) in [5.41, 5.74) is 4.07. The molecule has 0 saturated heterocycles. The van der Waals surface area contributed by atoms with E-state index in [9.17, 15) is 9.59 Å². The molecule has 0 bridgehead atoms. The van der Waals surface area contributed by atoms with Gasteiger partial charge >= 0.3 is 5.97 Å². The number of carbonyl (C=O) groups excluding carboxylic acids is 2. The zero-order chi connectivity index (χ0) is 27.1. The van der Waals surface area contributed by atoms with E-state index in [0.717, 1.165) is 12.0 Å². The number of benzene rings is 3. The minimum absolute atomic E-state index is 0.208. The fourth-order valence-corrected chi connectivity index (χ4v) is 3.97. The molecule has 0 spiro atoms. The summed E-state index contributed by atoms with van der Waals surface area (Å²) in [6, 6.07) is 22.4. The molecular weight excluding hydrogens is 480 g/mol. The minimum Gasteiger partial charge on any atom is -0.490 e. The number of ether oxygens (including phenoxy) is 3. The van der Waals surface area contributed by atoms with Gasteiger partial charge in [-0.2, -0.15) is 10.1 Å². The Labute approximate surface area is 223 Å². The van der Waals surface area contributed by atoms with Gasteiger partial charge in [-0.05, 0) is 81.3 Å². The predicted octanol–water partition coefficient (Wildman–Crippen LogP) is 6.08. The number of anilines is 1. The lowest BCUT2D eigenvalue weighted by molar-refractivity contribution is -0.114. The molecule has 0 saturated carbocycles. The molecule has 1 aliphatic rings. The van der Waals surface area contributed by atoms with Crippen LogP contribution >= 0.6 is 0 Å². The largest absolute Gasteiger partial charge is 0.490 e. The van der Waals surface area contributed by atoms with Crippen LogP contribution < -0.4 is 14.5 Å². The molecule has 3 aromatic rings. The van der Waals surface area contributed by atoms with E-state index < -0.39 is 5.97 Å². The zero-order valence-electron chi connectivity index (χ0n) is 22.1. The number of rotatable bonds is 10. The zero-order valence-corrected chi connectivity index (χ0v) is 22.1. The minimum atomic E-state index is -0.405.